The maximum Gasteiger partial charge on any atom is 0.319 e. The highest BCUT2D eigenvalue weighted by Gasteiger charge is 2.01. The van der Waals surface area contributed by atoms with Crippen LogP contribution in [0.25, 0.3) is 0 Å². The zero-order valence-electron chi connectivity index (χ0n) is 9.72. The van der Waals surface area contributed by atoms with E-state index < -0.39 is 0 Å². The highest BCUT2D eigenvalue weighted by molar-refractivity contribution is 7.08. The first-order chi connectivity index (χ1) is 8.74. The molecule has 2 aromatic rings. The van der Waals surface area contributed by atoms with Gasteiger partial charge in [-0.1, -0.05) is 12.1 Å². The van der Waals surface area contributed by atoms with Gasteiger partial charge in [-0.3, -0.25) is 0 Å². The second-order valence-corrected chi connectivity index (χ2v) is 4.59. The molecule has 2 amide bonds. The maximum atomic E-state index is 11.5. The second-order valence-electron chi connectivity index (χ2n) is 3.81. The van der Waals surface area contributed by atoms with Crippen LogP contribution in [0.1, 0.15) is 5.56 Å². The van der Waals surface area contributed by atoms with Gasteiger partial charge in [0, 0.05) is 11.9 Å². The molecular formula is C13H14N2O2S. The molecule has 1 heterocycles. The molecule has 94 valence electrons. The van der Waals surface area contributed by atoms with Crippen molar-refractivity contribution in [3.05, 3.63) is 46.7 Å². The quantitative estimate of drug-likeness (QED) is 0.793. The lowest BCUT2D eigenvalue weighted by atomic mass is 10.1. The molecule has 5 heteroatoms. The first-order valence-corrected chi connectivity index (χ1v) is 6.53. The van der Waals surface area contributed by atoms with Crippen molar-refractivity contribution in [2.45, 2.75) is 6.42 Å². The minimum Gasteiger partial charge on any atom is -0.508 e. The van der Waals surface area contributed by atoms with E-state index in [1.54, 1.807) is 12.1 Å². The van der Waals surface area contributed by atoms with Gasteiger partial charge < -0.3 is 15.7 Å². The van der Waals surface area contributed by atoms with Crippen LogP contribution in [0.15, 0.2) is 41.1 Å². The second kappa shape index (κ2) is 6.07. The molecule has 1 aromatic carbocycles. The average Bonchev–Trinajstić information content (AvgIpc) is 2.84. The van der Waals surface area contributed by atoms with Crippen molar-refractivity contribution in [3.63, 3.8) is 0 Å². The summed E-state index contributed by atoms with van der Waals surface area (Å²) in [5.74, 6) is 0.252. The molecule has 0 saturated carbocycles. The Morgan fingerprint density at radius 2 is 2.00 bits per heavy atom. The summed E-state index contributed by atoms with van der Waals surface area (Å²) >= 11 is 1.54. The first kappa shape index (κ1) is 12.4. The van der Waals surface area contributed by atoms with Gasteiger partial charge >= 0.3 is 6.03 Å². The molecule has 4 nitrogen and oxygen atoms in total. The SMILES string of the molecule is O=C(NCCc1ccc(O)cc1)Nc1ccsc1. The van der Waals surface area contributed by atoms with Gasteiger partial charge in [-0.25, -0.2) is 4.79 Å². The highest BCUT2D eigenvalue weighted by Crippen LogP contribution is 2.11. The van der Waals surface area contributed by atoms with E-state index in [0.29, 0.717) is 6.54 Å². The highest BCUT2D eigenvalue weighted by atomic mass is 32.1. The zero-order valence-corrected chi connectivity index (χ0v) is 10.5. The summed E-state index contributed by atoms with van der Waals surface area (Å²) in [4.78, 5) is 11.5. The third-order valence-electron chi connectivity index (χ3n) is 2.41. The van der Waals surface area contributed by atoms with Crippen molar-refractivity contribution in [1.82, 2.24) is 5.32 Å². The molecule has 1 aromatic heterocycles. The van der Waals surface area contributed by atoms with E-state index in [9.17, 15) is 4.79 Å². The monoisotopic (exact) mass is 262 g/mol. The van der Waals surface area contributed by atoms with Gasteiger partial charge in [0.05, 0.1) is 5.69 Å². The van der Waals surface area contributed by atoms with Gasteiger partial charge in [0.1, 0.15) is 5.75 Å². The van der Waals surface area contributed by atoms with Crippen LogP contribution in [-0.2, 0) is 6.42 Å². The standard InChI is InChI=1S/C13H14N2O2S/c16-12-3-1-10(2-4-12)5-7-14-13(17)15-11-6-8-18-9-11/h1-4,6,8-9,16H,5,7H2,(H2,14,15,17). The Morgan fingerprint density at radius 1 is 1.22 bits per heavy atom. The third kappa shape index (κ3) is 3.78. The number of amides is 2. The fourth-order valence-electron chi connectivity index (χ4n) is 1.49. The lowest BCUT2D eigenvalue weighted by Gasteiger charge is -2.06. The first-order valence-electron chi connectivity index (χ1n) is 5.59. The number of phenolic OH excluding ortho intramolecular Hbond substituents is 1. The largest absolute Gasteiger partial charge is 0.508 e. The molecule has 2 rings (SSSR count). The number of phenols is 1. The molecule has 0 aliphatic rings. The zero-order chi connectivity index (χ0) is 12.8. The predicted octanol–water partition coefficient (Wildman–Crippen LogP) is 2.82. The smallest absolute Gasteiger partial charge is 0.319 e. The van der Waals surface area contributed by atoms with Crippen molar-refractivity contribution in [2.75, 3.05) is 11.9 Å². The molecule has 3 N–H and O–H groups in total. The number of anilines is 1. The number of urea groups is 1. The number of carbonyl (C=O) groups excluding carboxylic acids is 1. The predicted molar refractivity (Wildman–Crippen MR) is 73.2 cm³/mol. The summed E-state index contributed by atoms with van der Waals surface area (Å²) in [5, 5.41) is 18.4. The molecule has 0 radical (unpaired) electrons. The van der Waals surface area contributed by atoms with Crippen molar-refractivity contribution in [2.24, 2.45) is 0 Å². The molecule has 0 spiro atoms. The number of nitrogens with one attached hydrogen (secondary N) is 2. The van der Waals surface area contributed by atoms with E-state index >= 15 is 0 Å². The van der Waals surface area contributed by atoms with Gasteiger partial charge in [-0.15, -0.1) is 0 Å². The van der Waals surface area contributed by atoms with Crippen LogP contribution < -0.4 is 10.6 Å². The van der Waals surface area contributed by atoms with Gasteiger partial charge in [-0.2, -0.15) is 11.3 Å². The fraction of sp³-hybridized carbons (Fsp3) is 0.154. The molecule has 0 unspecified atom stereocenters. The lowest BCUT2D eigenvalue weighted by molar-refractivity contribution is 0.252. The Bertz CT molecular complexity index is 494. The number of thiophene rings is 1. The van der Waals surface area contributed by atoms with Gasteiger partial charge in [0.25, 0.3) is 0 Å². The summed E-state index contributed by atoms with van der Waals surface area (Å²) in [7, 11) is 0. The Labute approximate surface area is 109 Å². The van der Waals surface area contributed by atoms with Crippen LogP contribution in [0.4, 0.5) is 10.5 Å². The molecule has 0 aliphatic heterocycles. The van der Waals surface area contributed by atoms with Gasteiger partial charge in [-0.05, 0) is 35.6 Å². The van der Waals surface area contributed by atoms with Crippen molar-refractivity contribution < 1.29 is 9.90 Å². The van der Waals surface area contributed by atoms with Crippen LogP contribution in [0.5, 0.6) is 5.75 Å². The summed E-state index contributed by atoms with van der Waals surface area (Å²) in [6, 6.07) is 8.61. The normalized spacial score (nSPS) is 10.0. The van der Waals surface area contributed by atoms with Crippen LogP contribution >= 0.6 is 11.3 Å². The van der Waals surface area contributed by atoms with Crippen molar-refractivity contribution >= 4 is 23.1 Å². The average molecular weight is 262 g/mol. The van der Waals surface area contributed by atoms with Crippen LogP contribution in [0.2, 0.25) is 0 Å². The molecular weight excluding hydrogens is 248 g/mol. The fourth-order valence-corrected chi connectivity index (χ4v) is 2.08. The number of carbonyl (C=O) groups is 1. The number of hydrogen-bond donors (Lipinski definition) is 3. The number of aromatic hydroxyl groups is 1. The van der Waals surface area contributed by atoms with E-state index in [0.717, 1.165) is 17.7 Å². The molecule has 0 bridgehead atoms. The van der Waals surface area contributed by atoms with Crippen LogP contribution in [0.3, 0.4) is 0 Å². The lowest BCUT2D eigenvalue weighted by Crippen LogP contribution is -2.30. The summed E-state index contributed by atoms with van der Waals surface area (Å²) < 4.78 is 0. The van der Waals surface area contributed by atoms with Crippen LogP contribution in [-0.4, -0.2) is 17.7 Å². The number of hydrogen-bond acceptors (Lipinski definition) is 3. The van der Waals surface area contributed by atoms with Gasteiger partial charge in [0.15, 0.2) is 0 Å². The van der Waals surface area contributed by atoms with E-state index in [4.69, 9.17) is 5.11 Å². The van der Waals surface area contributed by atoms with Gasteiger partial charge in [0.2, 0.25) is 0 Å². The summed E-state index contributed by atoms with van der Waals surface area (Å²) in [5.41, 5.74) is 1.88. The minimum atomic E-state index is -0.202. The van der Waals surface area contributed by atoms with Crippen LogP contribution in [0, 0.1) is 0 Å². The Hall–Kier alpha value is -2.01. The van der Waals surface area contributed by atoms with E-state index in [1.165, 1.54) is 11.3 Å². The molecule has 0 saturated heterocycles. The van der Waals surface area contributed by atoms with E-state index in [-0.39, 0.29) is 11.8 Å². The Balaban J connectivity index is 1.72. The maximum absolute atomic E-state index is 11.5. The molecule has 0 fully saturated rings. The third-order valence-corrected chi connectivity index (χ3v) is 3.10. The summed E-state index contributed by atoms with van der Waals surface area (Å²) in [6.07, 6.45) is 0.733. The number of rotatable bonds is 4. The Kier molecular flexibility index (Phi) is 4.20. The van der Waals surface area contributed by atoms with Crippen molar-refractivity contribution in [3.8, 4) is 5.75 Å². The van der Waals surface area contributed by atoms with E-state index in [1.807, 2.05) is 29.0 Å². The molecule has 0 aliphatic carbocycles. The number of benzene rings is 1. The topological polar surface area (TPSA) is 61.4 Å². The minimum absolute atomic E-state index is 0.202. The molecule has 18 heavy (non-hydrogen) atoms. The summed E-state index contributed by atoms with van der Waals surface area (Å²) in [6.45, 7) is 0.556. The Morgan fingerprint density at radius 3 is 2.67 bits per heavy atom. The van der Waals surface area contributed by atoms with Crippen molar-refractivity contribution in [1.29, 1.82) is 0 Å². The molecule has 0 atom stereocenters. The van der Waals surface area contributed by atoms with E-state index in [2.05, 4.69) is 10.6 Å².